The molecular weight excluding hydrogens is 441 g/mol. The van der Waals surface area contributed by atoms with Gasteiger partial charge in [0.05, 0.1) is 12.7 Å². The molecule has 0 spiro atoms. The van der Waals surface area contributed by atoms with Crippen LogP contribution >= 0.6 is 0 Å². The van der Waals surface area contributed by atoms with Gasteiger partial charge >= 0.3 is 0 Å². The molecule has 182 valence electrons. The number of aromatic nitrogens is 3. The maximum atomic E-state index is 14.6. The SMILES string of the molecule is CC(=O)N[C@@H](C)COC1CCC(Oc2nc3c(cc2F)nc(OC2CC(F)(F)C2)n3C)CC1. The molecule has 1 amide bonds. The van der Waals surface area contributed by atoms with Crippen LogP contribution < -0.4 is 14.8 Å². The number of alkyl halides is 2. The second-order valence-corrected chi connectivity index (χ2v) is 9.03. The van der Waals surface area contributed by atoms with Gasteiger partial charge in [-0.25, -0.2) is 13.2 Å². The molecular formula is C22H29F3N4O4. The van der Waals surface area contributed by atoms with Crippen LogP contribution in [0.15, 0.2) is 6.07 Å². The minimum atomic E-state index is -2.70. The fourth-order valence-electron chi connectivity index (χ4n) is 4.22. The van der Waals surface area contributed by atoms with E-state index in [0.717, 1.165) is 12.8 Å². The summed E-state index contributed by atoms with van der Waals surface area (Å²) < 4.78 is 59.5. The highest BCUT2D eigenvalue weighted by Gasteiger charge is 2.47. The Labute approximate surface area is 189 Å². The second-order valence-electron chi connectivity index (χ2n) is 9.03. The first-order valence-electron chi connectivity index (χ1n) is 11.2. The molecule has 1 atom stereocenters. The number of hydrogen-bond acceptors (Lipinski definition) is 6. The molecule has 2 aliphatic carbocycles. The van der Waals surface area contributed by atoms with Crippen LogP contribution in [0.3, 0.4) is 0 Å². The Kier molecular flexibility index (Phi) is 6.69. The fourth-order valence-corrected chi connectivity index (χ4v) is 4.22. The Bertz CT molecular complexity index is 999. The minimum Gasteiger partial charge on any atom is -0.472 e. The van der Waals surface area contributed by atoms with E-state index in [2.05, 4.69) is 15.3 Å². The van der Waals surface area contributed by atoms with Gasteiger partial charge in [0.25, 0.3) is 17.8 Å². The summed E-state index contributed by atoms with van der Waals surface area (Å²) >= 11 is 0. The molecule has 2 aromatic heterocycles. The highest BCUT2D eigenvalue weighted by molar-refractivity contribution is 5.73. The highest BCUT2D eigenvalue weighted by atomic mass is 19.3. The van der Waals surface area contributed by atoms with Crippen LogP contribution in [-0.4, -0.2) is 57.3 Å². The molecule has 0 aliphatic heterocycles. The summed E-state index contributed by atoms with van der Waals surface area (Å²) in [5, 5.41) is 2.78. The van der Waals surface area contributed by atoms with E-state index in [-0.39, 0.29) is 54.4 Å². The number of halogens is 3. The number of hydrogen-bond donors (Lipinski definition) is 1. The Hall–Kier alpha value is -2.56. The molecule has 2 saturated carbocycles. The molecule has 4 rings (SSSR count). The molecule has 0 unspecified atom stereocenters. The average Bonchev–Trinajstić information content (AvgIpc) is 3.00. The molecule has 2 aromatic rings. The molecule has 33 heavy (non-hydrogen) atoms. The zero-order valence-electron chi connectivity index (χ0n) is 18.9. The summed E-state index contributed by atoms with van der Waals surface area (Å²) in [6.07, 6.45) is 1.44. The van der Waals surface area contributed by atoms with Gasteiger partial charge in [-0.2, -0.15) is 9.97 Å². The summed E-state index contributed by atoms with van der Waals surface area (Å²) in [5.74, 6) is -3.54. The molecule has 0 bridgehead atoms. The van der Waals surface area contributed by atoms with E-state index in [1.165, 1.54) is 17.6 Å². The average molecular weight is 470 g/mol. The van der Waals surface area contributed by atoms with E-state index in [1.54, 1.807) is 7.05 Å². The third kappa shape index (κ3) is 5.69. The Morgan fingerprint density at radius 1 is 1.18 bits per heavy atom. The lowest BCUT2D eigenvalue weighted by Crippen LogP contribution is -2.43. The monoisotopic (exact) mass is 470 g/mol. The van der Waals surface area contributed by atoms with Crippen LogP contribution in [0, 0.1) is 5.82 Å². The van der Waals surface area contributed by atoms with Crippen LogP contribution in [0.5, 0.6) is 11.9 Å². The van der Waals surface area contributed by atoms with Crippen LogP contribution in [0.2, 0.25) is 0 Å². The van der Waals surface area contributed by atoms with Gasteiger partial charge in [-0.05, 0) is 32.6 Å². The fraction of sp³-hybridized carbons (Fsp3) is 0.682. The molecule has 0 saturated heterocycles. The van der Waals surface area contributed by atoms with Gasteiger partial charge in [0.2, 0.25) is 5.91 Å². The van der Waals surface area contributed by atoms with Gasteiger partial charge in [-0.15, -0.1) is 0 Å². The molecule has 8 nitrogen and oxygen atoms in total. The molecule has 0 aromatic carbocycles. The van der Waals surface area contributed by atoms with Crippen LogP contribution in [-0.2, 0) is 16.6 Å². The predicted molar refractivity (Wildman–Crippen MR) is 113 cm³/mol. The Morgan fingerprint density at radius 2 is 1.85 bits per heavy atom. The number of imidazole rings is 1. The Balaban J connectivity index is 1.33. The topological polar surface area (TPSA) is 87.5 Å². The van der Waals surface area contributed by atoms with Gasteiger partial charge < -0.3 is 19.5 Å². The summed E-state index contributed by atoms with van der Waals surface area (Å²) in [6.45, 7) is 3.79. The number of fused-ring (bicyclic) bond motifs is 1. The zero-order valence-corrected chi connectivity index (χ0v) is 18.9. The number of amides is 1. The van der Waals surface area contributed by atoms with Gasteiger partial charge in [-0.3, -0.25) is 9.36 Å². The van der Waals surface area contributed by atoms with Crippen LogP contribution in [0.25, 0.3) is 11.2 Å². The van der Waals surface area contributed by atoms with Crippen molar-refractivity contribution in [3.8, 4) is 11.9 Å². The highest BCUT2D eigenvalue weighted by Crippen LogP contribution is 2.40. The normalized spacial score (nSPS) is 23.7. The van der Waals surface area contributed by atoms with Gasteiger partial charge in [0, 0.05) is 38.9 Å². The third-order valence-electron chi connectivity index (χ3n) is 5.98. The number of carbonyl (C=O) groups excluding carboxylic acids is 1. The molecule has 1 N–H and O–H groups in total. The first-order chi connectivity index (χ1) is 15.6. The van der Waals surface area contributed by atoms with Crippen molar-refractivity contribution >= 4 is 17.1 Å². The Morgan fingerprint density at radius 3 is 2.48 bits per heavy atom. The van der Waals surface area contributed by atoms with Crippen LogP contribution in [0.1, 0.15) is 52.4 Å². The van der Waals surface area contributed by atoms with Crippen LogP contribution in [0.4, 0.5) is 13.2 Å². The number of rotatable bonds is 8. The quantitative estimate of drug-likeness (QED) is 0.635. The number of nitrogens with one attached hydrogen (secondary N) is 1. The lowest BCUT2D eigenvalue weighted by Gasteiger charge is -2.34. The van der Waals surface area contributed by atoms with Gasteiger partial charge in [-0.1, -0.05) is 0 Å². The van der Waals surface area contributed by atoms with Crippen molar-refractivity contribution in [3.05, 3.63) is 11.9 Å². The second kappa shape index (κ2) is 9.36. The van der Waals surface area contributed by atoms with E-state index in [9.17, 15) is 18.0 Å². The summed E-state index contributed by atoms with van der Waals surface area (Å²) in [6, 6.07) is 1.29. The maximum absolute atomic E-state index is 14.6. The predicted octanol–water partition coefficient (Wildman–Crippen LogP) is 3.52. The number of carbonyl (C=O) groups is 1. The van der Waals surface area contributed by atoms with Crippen molar-refractivity contribution in [3.63, 3.8) is 0 Å². The summed E-state index contributed by atoms with van der Waals surface area (Å²) in [7, 11) is 1.64. The smallest absolute Gasteiger partial charge is 0.298 e. The summed E-state index contributed by atoms with van der Waals surface area (Å²) in [4.78, 5) is 19.5. The third-order valence-corrected chi connectivity index (χ3v) is 5.98. The van der Waals surface area contributed by atoms with Gasteiger partial charge in [0.1, 0.15) is 17.7 Å². The molecule has 0 radical (unpaired) electrons. The van der Waals surface area contributed by atoms with Gasteiger partial charge in [0.15, 0.2) is 11.5 Å². The molecule has 2 fully saturated rings. The van der Waals surface area contributed by atoms with E-state index in [0.29, 0.717) is 25.1 Å². The lowest BCUT2D eigenvalue weighted by atomic mass is 9.91. The first kappa shape index (κ1) is 23.6. The summed E-state index contributed by atoms with van der Waals surface area (Å²) in [5.41, 5.74) is 0.630. The number of ether oxygens (including phenoxy) is 3. The largest absolute Gasteiger partial charge is 0.472 e. The van der Waals surface area contributed by atoms with Crippen molar-refractivity contribution in [1.82, 2.24) is 19.9 Å². The van der Waals surface area contributed by atoms with E-state index >= 15 is 0 Å². The van der Waals surface area contributed by atoms with Crippen molar-refractivity contribution in [1.29, 1.82) is 0 Å². The molecule has 2 aliphatic rings. The first-order valence-corrected chi connectivity index (χ1v) is 11.2. The standard InChI is InChI=1S/C22H29F3N4O4/c1-12(26-13(2)30)11-31-14-4-6-15(7-5-14)32-20-17(23)8-18-19(28-20)29(3)21(27-18)33-16-9-22(24,25)10-16/h8,12,14-16H,4-7,9-11H2,1-3H3,(H,26,30)/t12-,14?,15?/m0/s1. The number of aryl methyl sites for hydroxylation is 1. The minimum absolute atomic E-state index is 0.0601. The zero-order chi connectivity index (χ0) is 23.8. The number of pyridine rings is 1. The van der Waals surface area contributed by atoms with E-state index < -0.39 is 17.8 Å². The van der Waals surface area contributed by atoms with E-state index in [4.69, 9.17) is 14.2 Å². The molecule has 11 heteroatoms. The lowest BCUT2D eigenvalue weighted by molar-refractivity contribution is -0.136. The maximum Gasteiger partial charge on any atom is 0.298 e. The van der Waals surface area contributed by atoms with Crippen molar-refractivity contribution in [2.75, 3.05) is 6.61 Å². The van der Waals surface area contributed by atoms with Crippen molar-refractivity contribution in [2.24, 2.45) is 7.05 Å². The molecule has 2 heterocycles. The van der Waals surface area contributed by atoms with E-state index in [1.807, 2.05) is 6.92 Å². The van der Waals surface area contributed by atoms with Crippen molar-refractivity contribution < 1.29 is 32.2 Å². The van der Waals surface area contributed by atoms with Crippen molar-refractivity contribution in [2.45, 2.75) is 82.6 Å². The number of nitrogens with zero attached hydrogens (tertiary/aromatic N) is 3.